The number of allylic oxidation sites excluding steroid dienone is 2. The quantitative estimate of drug-likeness (QED) is 0.0633. The minimum absolute atomic E-state index is 0.355. The zero-order chi connectivity index (χ0) is 27.6. The molecule has 0 spiro atoms. The molecule has 0 aromatic heterocycles. The van der Waals surface area contributed by atoms with E-state index in [1.165, 1.54) is 64.2 Å². The van der Waals surface area contributed by atoms with E-state index in [-0.39, 0.29) is 0 Å². The molecule has 6 heteroatoms. The van der Waals surface area contributed by atoms with Gasteiger partial charge in [0.1, 0.15) is 12.2 Å². The Morgan fingerprint density at radius 3 is 1.59 bits per heavy atom. The topological polar surface area (TPSA) is 110 Å². The molecular weight excluding hydrogens is 466 g/mol. The van der Waals surface area contributed by atoms with Crippen LogP contribution in [0.4, 0.5) is 0 Å². The van der Waals surface area contributed by atoms with Crippen LogP contribution in [-0.2, 0) is 4.79 Å². The molecule has 5 N–H and O–H groups in total. The lowest BCUT2D eigenvalue weighted by molar-refractivity contribution is -0.132. The van der Waals surface area contributed by atoms with Crippen molar-refractivity contribution in [3.63, 3.8) is 0 Å². The maximum atomic E-state index is 12.3. The summed E-state index contributed by atoms with van der Waals surface area (Å²) in [5.74, 6) is -0.601. The first kappa shape index (κ1) is 36.0. The number of carbonyl (C=O) groups excluding carboxylic acids is 1. The summed E-state index contributed by atoms with van der Waals surface area (Å²) in [7, 11) is 0. The zero-order valence-electron chi connectivity index (χ0n) is 24.2. The molecule has 0 aromatic rings. The minimum Gasteiger partial charge on any atom is -0.394 e. The number of amides is 1. The van der Waals surface area contributed by atoms with Gasteiger partial charge < -0.3 is 25.7 Å². The van der Waals surface area contributed by atoms with Gasteiger partial charge in [-0.15, -0.1) is 0 Å². The highest BCUT2D eigenvalue weighted by molar-refractivity contribution is 5.80. The average molecular weight is 528 g/mol. The van der Waals surface area contributed by atoms with Gasteiger partial charge in [0.15, 0.2) is 0 Å². The van der Waals surface area contributed by atoms with Crippen molar-refractivity contribution in [2.24, 2.45) is 0 Å². The molecule has 4 atom stereocenters. The Morgan fingerprint density at radius 2 is 1.08 bits per heavy atom. The van der Waals surface area contributed by atoms with Gasteiger partial charge in [0.2, 0.25) is 5.91 Å². The predicted octanol–water partition coefficient (Wildman–Crippen LogP) is 6.33. The fourth-order valence-electron chi connectivity index (χ4n) is 4.63. The first-order chi connectivity index (χ1) is 18.0. The second kappa shape index (κ2) is 26.6. The third-order valence-corrected chi connectivity index (χ3v) is 7.23. The Kier molecular flexibility index (Phi) is 26.0. The van der Waals surface area contributed by atoms with Crippen LogP contribution in [0.25, 0.3) is 0 Å². The Balaban J connectivity index is 3.77. The van der Waals surface area contributed by atoms with Gasteiger partial charge in [-0.25, -0.2) is 0 Å². The van der Waals surface area contributed by atoms with Gasteiger partial charge in [0.05, 0.1) is 18.8 Å². The zero-order valence-corrected chi connectivity index (χ0v) is 24.2. The summed E-state index contributed by atoms with van der Waals surface area (Å²) in [6.07, 6.45) is 24.3. The molecule has 0 aliphatic heterocycles. The van der Waals surface area contributed by atoms with E-state index in [4.69, 9.17) is 0 Å². The summed E-state index contributed by atoms with van der Waals surface area (Å²) >= 11 is 0. The van der Waals surface area contributed by atoms with Crippen LogP contribution < -0.4 is 5.32 Å². The van der Waals surface area contributed by atoms with Crippen LogP contribution in [0.3, 0.4) is 0 Å². The molecule has 0 heterocycles. The molecule has 0 saturated heterocycles. The molecule has 1 amide bonds. The van der Waals surface area contributed by atoms with Gasteiger partial charge in [-0.05, 0) is 38.5 Å². The van der Waals surface area contributed by atoms with Gasteiger partial charge in [0.25, 0.3) is 0 Å². The Bertz CT molecular complexity index is 528. The largest absolute Gasteiger partial charge is 0.394 e. The molecule has 0 radical (unpaired) electrons. The summed E-state index contributed by atoms with van der Waals surface area (Å²) in [5, 5.41) is 42.6. The predicted molar refractivity (Wildman–Crippen MR) is 154 cm³/mol. The van der Waals surface area contributed by atoms with Crippen LogP contribution in [0.5, 0.6) is 0 Å². The summed E-state index contributed by atoms with van der Waals surface area (Å²) < 4.78 is 0. The van der Waals surface area contributed by atoms with E-state index < -0.39 is 36.9 Å². The highest BCUT2D eigenvalue weighted by Gasteiger charge is 2.28. The number of hydrogen-bond donors (Lipinski definition) is 5. The normalized spacial score (nSPS) is 15.1. The Labute approximate surface area is 228 Å². The Hall–Kier alpha value is -0.950. The fraction of sp³-hybridized carbons (Fsp3) is 0.903. The maximum absolute atomic E-state index is 12.3. The fourth-order valence-corrected chi connectivity index (χ4v) is 4.63. The van der Waals surface area contributed by atoms with Crippen molar-refractivity contribution in [3.05, 3.63) is 12.2 Å². The molecule has 0 bridgehead atoms. The lowest BCUT2D eigenvalue weighted by Crippen LogP contribution is -2.53. The number of aliphatic hydroxyl groups is 4. The molecule has 37 heavy (non-hydrogen) atoms. The molecule has 0 aliphatic carbocycles. The van der Waals surface area contributed by atoms with Gasteiger partial charge in [-0.3, -0.25) is 4.79 Å². The first-order valence-electron chi connectivity index (χ1n) is 15.6. The molecule has 0 fully saturated rings. The number of aliphatic hydroxyl groups excluding tert-OH is 4. The monoisotopic (exact) mass is 527 g/mol. The van der Waals surface area contributed by atoms with Gasteiger partial charge in [-0.2, -0.15) is 0 Å². The van der Waals surface area contributed by atoms with Crippen LogP contribution in [0.2, 0.25) is 0 Å². The molecule has 0 rings (SSSR count). The molecule has 4 unspecified atom stereocenters. The van der Waals surface area contributed by atoms with Crippen molar-refractivity contribution in [3.8, 4) is 0 Å². The number of rotatable bonds is 27. The lowest BCUT2D eigenvalue weighted by Gasteiger charge is -2.27. The third kappa shape index (κ3) is 21.7. The second-order valence-corrected chi connectivity index (χ2v) is 10.8. The lowest BCUT2D eigenvalue weighted by atomic mass is 9.99. The minimum atomic E-state index is -1.25. The van der Waals surface area contributed by atoms with Crippen molar-refractivity contribution in [1.29, 1.82) is 0 Å². The molecular formula is C31H61NO5. The third-order valence-electron chi connectivity index (χ3n) is 7.23. The number of hydrogen-bond acceptors (Lipinski definition) is 5. The number of carbonyl (C=O) groups is 1. The van der Waals surface area contributed by atoms with E-state index in [9.17, 15) is 25.2 Å². The van der Waals surface area contributed by atoms with Crippen molar-refractivity contribution in [1.82, 2.24) is 5.32 Å². The van der Waals surface area contributed by atoms with Crippen LogP contribution >= 0.6 is 0 Å². The van der Waals surface area contributed by atoms with Crippen LogP contribution in [0, 0.1) is 0 Å². The second-order valence-electron chi connectivity index (χ2n) is 10.8. The smallest absolute Gasteiger partial charge is 0.249 e. The van der Waals surface area contributed by atoms with E-state index >= 15 is 0 Å². The molecule has 220 valence electrons. The van der Waals surface area contributed by atoms with E-state index in [1.54, 1.807) is 0 Å². The average Bonchev–Trinajstić information content (AvgIpc) is 2.90. The standard InChI is InChI=1S/C31H61NO5/c1-3-5-7-9-10-11-12-13-14-15-16-17-18-19-20-21-23-25-29(35)31(37)32-27(26-33)30(36)28(34)24-22-8-6-4-2/h16-17,27-30,33-36H,3-15,18-26H2,1-2H3,(H,32,37)/b17-16-. The van der Waals surface area contributed by atoms with Crippen LogP contribution in [-0.4, -0.2) is 57.3 Å². The Morgan fingerprint density at radius 1 is 0.649 bits per heavy atom. The van der Waals surface area contributed by atoms with Crippen molar-refractivity contribution in [2.45, 2.75) is 173 Å². The van der Waals surface area contributed by atoms with Crippen molar-refractivity contribution in [2.75, 3.05) is 6.61 Å². The number of unbranched alkanes of at least 4 members (excludes halogenated alkanes) is 16. The SMILES string of the molecule is CCCCCCCCCCC/C=C\CCCCCCC(O)C(=O)NC(CO)C(O)C(O)CCCCCC. The highest BCUT2D eigenvalue weighted by atomic mass is 16.3. The van der Waals surface area contributed by atoms with Crippen LogP contribution in [0.1, 0.15) is 149 Å². The van der Waals surface area contributed by atoms with Crippen molar-refractivity contribution >= 4 is 5.91 Å². The molecule has 0 aliphatic rings. The summed E-state index contributed by atoms with van der Waals surface area (Å²) in [4.78, 5) is 12.3. The summed E-state index contributed by atoms with van der Waals surface area (Å²) in [6, 6.07) is -0.981. The highest BCUT2D eigenvalue weighted by Crippen LogP contribution is 2.13. The van der Waals surface area contributed by atoms with E-state index in [1.807, 2.05) is 0 Å². The molecule has 6 nitrogen and oxygen atoms in total. The van der Waals surface area contributed by atoms with E-state index in [2.05, 4.69) is 31.3 Å². The summed E-state index contributed by atoms with van der Waals surface area (Å²) in [6.45, 7) is 3.88. The van der Waals surface area contributed by atoms with Gasteiger partial charge in [0, 0.05) is 0 Å². The molecule has 0 saturated carbocycles. The number of nitrogens with one attached hydrogen (secondary N) is 1. The van der Waals surface area contributed by atoms with E-state index in [0.29, 0.717) is 12.8 Å². The van der Waals surface area contributed by atoms with Gasteiger partial charge >= 0.3 is 0 Å². The van der Waals surface area contributed by atoms with Crippen LogP contribution in [0.15, 0.2) is 12.2 Å². The summed E-state index contributed by atoms with van der Waals surface area (Å²) in [5.41, 5.74) is 0. The molecule has 0 aromatic carbocycles. The van der Waals surface area contributed by atoms with E-state index in [0.717, 1.165) is 57.8 Å². The maximum Gasteiger partial charge on any atom is 0.249 e. The first-order valence-corrected chi connectivity index (χ1v) is 15.6. The van der Waals surface area contributed by atoms with Gasteiger partial charge in [-0.1, -0.05) is 122 Å². The van der Waals surface area contributed by atoms with Crippen molar-refractivity contribution < 1.29 is 25.2 Å².